The van der Waals surface area contributed by atoms with Crippen molar-refractivity contribution in [2.45, 2.75) is 31.4 Å². The fourth-order valence-electron chi connectivity index (χ4n) is 3.84. The summed E-state index contributed by atoms with van der Waals surface area (Å²) in [4.78, 5) is 17.8. The summed E-state index contributed by atoms with van der Waals surface area (Å²) >= 11 is 0. The fraction of sp³-hybridized carbons (Fsp3) is 0.320. The third kappa shape index (κ3) is 4.90. The fourth-order valence-corrected chi connectivity index (χ4v) is 4.86. The summed E-state index contributed by atoms with van der Waals surface area (Å²) in [6, 6.07) is 17.6. The van der Waals surface area contributed by atoms with Gasteiger partial charge < -0.3 is 14.2 Å². The average molecular weight is 437 g/mol. The van der Waals surface area contributed by atoms with Crippen LogP contribution in [-0.4, -0.2) is 41.2 Å². The van der Waals surface area contributed by atoms with Crippen molar-refractivity contribution in [1.82, 2.24) is 4.90 Å². The zero-order valence-corrected chi connectivity index (χ0v) is 19.1. The van der Waals surface area contributed by atoms with Gasteiger partial charge >= 0.3 is 0 Å². The van der Waals surface area contributed by atoms with Crippen LogP contribution in [0.2, 0.25) is 0 Å². The molecule has 1 amide bonds. The third-order valence-electron chi connectivity index (χ3n) is 5.70. The molecule has 6 heteroatoms. The molecule has 1 aliphatic heterocycles. The van der Waals surface area contributed by atoms with Crippen molar-refractivity contribution in [1.29, 1.82) is 0 Å². The van der Waals surface area contributed by atoms with Crippen molar-refractivity contribution in [3.05, 3.63) is 82.8 Å². The molecule has 0 aliphatic carbocycles. The molecule has 1 saturated heterocycles. The molecule has 1 fully saturated rings. The van der Waals surface area contributed by atoms with Crippen molar-refractivity contribution in [3.8, 4) is 0 Å². The maximum atomic E-state index is 12.9. The molecule has 0 radical (unpaired) electrons. The molecule has 2 heterocycles. The molecule has 1 aromatic heterocycles. The van der Waals surface area contributed by atoms with Gasteiger partial charge in [-0.15, -0.1) is 0 Å². The Morgan fingerprint density at radius 2 is 1.58 bits per heavy atom. The number of amides is 1. The van der Waals surface area contributed by atoms with Crippen molar-refractivity contribution in [2.24, 2.45) is 0 Å². The van der Waals surface area contributed by atoms with Gasteiger partial charge in [-0.05, 0) is 62.2 Å². The predicted octanol–water partition coefficient (Wildman–Crippen LogP) is 4.48. The maximum Gasteiger partial charge on any atom is 0.289 e. The molecule has 2 aromatic carbocycles. The van der Waals surface area contributed by atoms with Crippen LogP contribution >= 0.6 is 0 Å². The van der Waals surface area contributed by atoms with E-state index in [1.54, 1.807) is 12.1 Å². The first-order chi connectivity index (χ1) is 14.9. The monoisotopic (exact) mass is 436 g/mol. The van der Waals surface area contributed by atoms with Crippen LogP contribution in [0.15, 0.2) is 63.9 Å². The van der Waals surface area contributed by atoms with Gasteiger partial charge in [0.15, 0.2) is 5.76 Å². The normalized spacial score (nSPS) is 15.2. The highest BCUT2D eigenvalue weighted by Crippen LogP contribution is 2.24. The molecule has 1 unspecified atom stereocenters. The van der Waals surface area contributed by atoms with E-state index in [-0.39, 0.29) is 11.7 Å². The first-order valence-corrected chi connectivity index (χ1v) is 11.9. The van der Waals surface area contributed by atoms with Crippen LogP contribution < -0.4 is 4.90 Å². The number of hydrogen-bond acceptors (Lipinski definition) is 4. The van der Waals surface area contributed by atoms with Gasteiger partial charge in [0.05, 0.1) is 16.6 Å². The first-order valence-electron chi connectivity index (χ1n) is 10.6. The molecule has 4 rings (SSSR count). The van der Waals surface area contributed by atoms with Crippen LogP contribution in [0.1, 0.15) is 33.0 Å². The summed E-state index contributed by atoms with van der Waals surface area (Å²) in [5.41, 5.74) is 4.86. The minimum absolute atomic E-state index is 0.104. The number of nitrogens with zero attached hydrogens (tertiary/aromatic N) is 2. The number of benzene rings is 2. The summed E-state index contributed by atoms with van der Waals surface area (Å²) in [5, 5.41) is 0. The number of carbonyl (C=O) groups excluding carboxylic acids is 1. The summed E-state index contributed by atoms with van der Waals surface area (Å²) in [6.07, 6.45) is 0. The Balaban J connectivity index is 1.36. The lowest BCUT2D eigenvalue weighted by molar-refractivity contribution is 0.0713. The smallest absolute Gasteiger partial charge is 0.289 e. The quantitative estimate of drug-likeness (QED) is 0.592. The number of hydrogen-bond donors (Lipinski definition) is 0. The predicted molar refractivity (Wildman–Crippen MR) is 124 cm³/mol. The number of piperazine rings is 1. The summed E-state index contributed by atoms with van der Waals surface area (Å²) in [7, 11) is -1.20. The number of carbonyl (C=O) groups is 1. The Morgan fingerprint density at radius 1 is 0.903 bits per heavy atom. The van der Waals surface area contributed by atoms with Crippen LogP contribution in [0.25, 0.3) is 0 Å². The van der Waals surface area contributed by atoms with E-state index < -0.39 is 10.8 Å². The Bertz CT molecular complexity index is 1100. The molecule has 162 valence electrons. The average Bonchev–Trinajstić information content (AvgIpc) is 3.24. The molecule has 0 spiro atoms. The molecular formula is C25H28N2O3S. The van der Waals surface area contributed by atoms with Crippen molar-refractivity contribution in [3.63, 3.8) is 0 Å². The lowest BCUT2D eigenvalue weighted by Crippen LogP contribution is -2.49. The molecule has 1 atom stereocenters. The molecule has 0 bridgehead atoms. The standard InChI is InChI=1S/C25H28N2O3S/c1-18-5-9-22(10-6-18)31(29)17-21-8-11-24(30-21)25(28)27-14-12-26(13-15-27)23-16-19(2)4-7-20(23)3/h4-11,16H,12-15,17H2,1-3H3. The van der Waals surface area contributed by atoms with E-state index in [4.69, 9.17) is 4.42 Å². The van der Waals surface area contributed by atoms with Crippen LogP contribution in [0.3, 0.4) is 0 Å². The number of furan rings is 1. The second-order valence-electron chi connectivity index (χ2n) is 8.14. The second kappa shape index (κ2) is 9.10. The van der Waals surface area contributed by atoms with Gasteiger partial charge in [0.1, 0.15) is 5.76 Å². The maximum absolute atomic E-state index is 12.9. The molecule has 1 aliphatic rings. The molecule has 3 aromatic rings. The lowest BCUT2D eigenvalue weighted by Gasteiger charge is -2.36. The van der Waals surface area contributed by atoms with E-state index in [2.05, 4.69) is 36.9 Å². The van der Waals surface area contributed by atoms with Gasteiger partial charge in [-0.25, -0.2) is 0 Å². The van der Waals surface area contributed by atoms with Crippen molar-refractivity contribution >= 4 is 22.4 Å². The summed E-state index contributed by atoms with van der Waals surface area (Å²) in [5.74, 6) is 1.04. The molecule has 0 saturated carbocycles. The second-order valence-corrected chi connectivity index (χ2v) is 9.59. The zero-order valence-electron chi connectivity index (χ0n) is 18.3. The highest BCUT2D eigenvalue weighted by molar-refractivity contribution is 7.84. The van der Waals surface area contributed by atoms with Gasteiger partial charge in [-0.2, -0.15) is 0 Å². The Hall–Kier alpha value is -2.86. The van der Waals surface area contributed by atoms with Gasteiger partial charge in [-0.1, -0.05) is 29.8 Å². The Labute approximate surface area is 186 Å². The molecule has 0 N–H and O–H groups in total. The Morgan fingerprint density at radius 3 is 2.29 bits per heavy atom. The first kappa shape index (κ1) is 21.4. The Kier molecular flexibility index (Phi) is 6.28. The summed E-state index contributed by atoms with van der Waals surface area (Å²) in [6.45, 7) is 9.11. The molecule has 5 nitrogen and oxygen atoms in total. The van der Waals surface area contributed by atoms with Gasteiger partial charge in [0, 0.05) is 36.8 Å². The molecule has 31 heavy (non-hydrogen) atoms. The van der Waals surface area contributed by atoms with E-state index in [1.165, 1.54) is 16.8 Å². The minimum Gasteiger partial charge on any atom is -0.455 e. The van der Waals surface area contributed by atoms with E-state index in [0.29, 0.717) is 24.6 Å². The van der Waals surface area contributed by atoms with Gasteiger partial charge in [0.25, 0.3) is 5.91 Å². The van der Waals surface area contributed by atoms with Gasteiger partial charge in [-0.3, -0.25) is 9.00 Å². The van der Waals surface area contributed by atoms with E-state index in [0.717, 1.165) is 23.5 Å². The number of rotatable bonds is 5. The van der Waals surface area contributed by atoms with E-state index >= 15 is 0 Å². The van der Waals surface area contributed by atoms with E-state index in [9.17, 15) is 9.00 Å². The van der Waals surface area contributed by atoms with Crippen LogP contribution in [-0.2, 0) is 16.6 Å². The van der Waals surface area contributed by atoms with Crippen LogP contribution in [0.5, 0.6) is 0 Å². The lowest BCUT2D eigenvalue weighted by atomic mass is 10.1. The summed E-state index contributed by atoms with van der Waals surface area (Å²) < 4.78 is 18.3. The number of anilines is 1. The van der Waals surface area contributed by atoms with Crippen molar-refractivity contribution < 1.29 is 13.4 Å². The number of aryl methyl sites for hydroxylation is 3. The third-order valence-corrected chi connectivity index (χ3v) is 7.05. The van der Waals surface area contributed by atoms with Gasteiger partial charge in [0.2, 0.25) is 0 Å². The van der Waals surface area contributed by atoms with Crippen molar-refractivity contribution in [2.75, 3.05) is 31.1 Å². The van der Waals surface area contributed by atoms with E-state index in [1.807, 2.05) is 36.1 Å². The highest BCUT2D eigenvalue weighted by atomic mass is 32.2. The van der Waals surface area contributed by atoms with Crippen LogP contribution in [0, 0.1) is 20.8 Å². The molecular weight excluding hydrogens is 408 g/mol. The highest BCUT2D eigenvalue weighted by Gasteiger charge is 2.25. The SMILES string of the molecule is Cc1ccc(S(=O)Cc2ccc(C(=O)N3CCN(c4cc(C)ccc4C)CC3)o2)cc1. The largest absolute Gasteiger partial charge is 0.455 e. The zero-order chi connectivity index (χ0) is 22.0. The minimum atomic E-state index is -1.20. The van der Waals surface area contributed by atoms with Crippen LogP contribution in [0.4, 0.5) is 5.69 Å². The topological polar surface area (TPSA) is 53.8 Å².